The maximum absolute atomic E-state index is 11.9. The molecule has 0 spiro atoms. The van der Waals surface area contributed by atoms with Crippen LogP contribution < -0.4 is 15.5 Å². The van der Waals surface area contributed by atoms with Gasteiger partial charge in [0.15, 0.2) is 0 Å². The molecule has 6 nitrogen and oxygen atoms in total. The molecule has 0 saturated carbocycles. The number of nitrogens with zero attached hydrogens (tertiary/aromatic N) is 2. The van der Waals surface area contributed by atoms with Gasteiger partial charge in [0, 0.05) is 25.8 Å². The van der Waals surface area contributed by atoms with Gasteiger partial charge in [0.05, 0.1) is 12.8 Å². The van der Waals surface area contributed by atoms with E-state index >= 15 is 0 Å². The molecule has 138 valence electrons. The number of carbonyl (C=O) groups is 1. The first kappa shape index (κ1) is 17.1. The number of rotatable bonds is 5. The van der Waals surface area contributed by atoms with Gasteiger partial charge in [-0.1, -0.05) is 30.3 Å². The summed E-state index contributed by atoms with van der Waals surface area (Å²) >= 11 is 0. The molecule has 0 radical (unpaired) electrons. The van der Waals surface area contributed by atoms with Gasteiger partial charge < -0.3 is 20.0 Å². The van der Waals surface area contributed by atoms with Crippen molar-refractivity contribution in [3.63, 3.8) is 0 Å². The van der Waals surface area contributed by atoms with Crippen molar-refractivity contribution in [1.82, 2.24) is 15.6 Å². The molecule has 27 heavy (non-hydrogen) atoms. The lowest BCUT2D eigenvalue weighted by Gasteiger charge is -2.29. The number of amides is 2. The van der Waals surface area contributed by atoms with Crippen molar-refractivity contribution in [2.45, 2.75) is 26.1 Å². The Morgan fingerprint density at radius 3 is 2.67 bits per heavy atom. The van der Waals surface area contributed by atoms with Gasteiger partial charge in [0.1, 0.15) is 11.6 Å². The third-order valence-corrected chi connectivity index (χ3v) is 4.72. The molecule has 2 amide bonds. The van der Waals surface area contributed by atoms with Gasteiger partial charge in [-0.25, -0.2) is 9.78 Å². The van der Waals surface area contributed by atoms with Crippen LogP contribution in [0.15, 0.2) is 65.4 Å². The van der Waals surface area contributed by atoms with Crippen molar-refractivity contribution in [3.8, 4) is 0 Å². The molecule has 0 saturated heterocycles. The van der Waals surface area contributed by atoms with Gasteiger partial charge in [-0.3, -0.25) is 0 Å². The summed E-state index contributed by atoms with van der Waals surface area (Å²) in [7, 11) is 0. The van der Waals surface area contributed by atoms with Crippen LogP contribution in [0, 0.1) is 0 Å². The standard InChI is InChI=1S/C21H22N4O2/c26-21(24-14-19-6-3-11-27-19)23-13-16-7-8-20(22-12-16)25-10-9-17-4-1-2-5-18(17)15-25/h1-8,11-12H,9-10,13-15H2,(H2,23,24,26). The van der Waals surface area contributed by atoms with Crippen LogP contribution >= 0.6 is 0 Å². The zero-order chi connectivity index (χ0) is 18.5. The summed E-state index contributed by atoms with van der Waals surface area (Å²) in [4.78, 5) is 18.7. The molecule has 1 aliphatic rings. The van der Waals surface area contributed by atoms with Gasteiger partial charge >= 0.3 is 6.03 Å². The minimum Gasteiger partial charge on any atom is -0.467 e. The number of nitrogens with one attached hydrogen (secondary N) is 2. The molecule has 0 unspecified atom stereocenters. The maximum atomic E-state index is 11.9. The number of aromatic nitrogens is 1. The van der Waals surface area contributed by atoms with Crippen LogP contribution in [0.25, 0.3) is 0 Å². The van der Waals surface area contributed by atoms with Crippen LogP contribution in [-0.2, 0) is 26.1 Å². The van der Waals surface area contributed by atoms with Crippen molar-refractivity contribution in [2.75, 3.05) is 11.4 Å². The second-order valence-corrected chi connectivity index (χ2v) is 6.58. The first-order chi connectivity index (χ1) is 13.3. The number of pyridine rings is 1. The summed E-state index contributed by atoms with van der Waals surface area (Å²) in [6.45, 7) is 2.65. The van der Waals surface area contributed by atoms with Gasteiger partial charge in [-0.2, -0.15) is 0 Å². The van der Waals surface area contributed by atoms with Crippen molar-refractivity contribution < 1.29 is 9.21 Å². The van der Waals surface area contributed by atoms with E-state index in [1.807, 2.05) is 24.4 Å². The second kappa shape index (κ2) is 7.95. The van der Waals surface area contributed by atoms with Crippen molar-refractivity contribution in [1.29, 1.82) is 0 Å². The average molecular weight is 362 g/mol. The number of hydrogen-bond acceptors (Lipinski definition) is 4. The number of anilines is 1. The van der Waals surface area contributed by atoms with Crippen LogP contribution in [0.2, 0.25) is 0 Å². The second-order valence-electron chi connectivity index (χ2n) is 6.58. The predicted octanol–water partition coefficient (Wildman–Crippen LogP) is 3.24. The van der Waals surface area contributed by atoms with E-state index in [0.29, 0.717) is 13.1 Å². The lowest BCUT2D eigenvalue weighted by molar-refractivity contribution is 0.239. The van der Waals surface area contributed by atoms with Crippen molar-refractivity contribution >= 4 is 11.8 Å². The molecule has 2 aromatic heterocycles. The zero-order valence-corrected chi connectivity index (χ0v) is 15.0. The number of hydrogen-bond donors (Lipinski definition) is 2. The van der Waals surface area contributed by atoms with Crippen LogP contribution in [0.4, 0.5) is 10.6 Å². The molecule has 2 N–H and O–H groups in total. The van der Waals surface area contributed by atoms with E-state index in [1.54, 1.807) is 12.3 Å². The number of urea groups is 1. The molecule has 3 aromatic rings. The number of carbonyl (C=O) groups excluding carboxylic acids is 1. The predicted molar refractivity (Wildman–Crippen MR) is 103 cm³/mol. The van der Waals surface area contributed by atoms with Gasteiger partial charge in [0.2, 0.25) is 0 Å². The molecule has 3 heterocycles. The summed E-state index contributed by atoms with van der Waals surface area (Å²) in [6, 6.07) is 16.0. The maximum Gasteiger partial charge on any atom is 0.315 e. The van der Waals surface area contributed by atoms with E-state index in [2.05, 4.69) is 44.8 Å². The lowest BCUT2D eigenvalue weighted by atomic mass is 10.00. The number of furan rings is 1. The first-order valence-electron chi connectivity index (χ1n) is 9.09. The summed E-state index contributed by atoms with van der Waals surface area (Å²) in [5, 5.41) is 5.58. The fourth-order valence-electron chi connectivity index (χ4n) is 3.22. The molecular formula is C21H22N4O2. The Balaban J connectivity index is 1.28. The van der Waals surface area contributed by atoms with Crippen LogP contribution in [0.1, 0.15) is 22.5 Å². The number of fused-ring (bicyclic) bond motifs is 1. The van der Waals surface area contributed by atoms with E-state index in [1.165, 1.54) is 11.1 Å². The molecule has 1 aliphatic heterocycles. The minimum atomic E-state index is -0.233. The van der Waals surface area contributed by atoms with E-state index in [-0.39, 0.29) is 6.03 Å². The van der Waals surface area contributed by atoms with E-state index in [4.69, 9.17) is 4.42 Å². The molecule has 1 aromatic carbocycles. The fraction of sp³-hybridized carbons (Fsp3) is 0.238. The van der Waals surface area contributed by atoms with Crippen molar-refractivity contribution in [2.24, 2.45) is 0 Å². The van der Waals surface area contributed by atoms with E-state index in [0.717, 1.165) is 36.7 Å². The molecule has 0 fully saturated rings. The van der Waals surface area contributed by atoms with Gasteiger partial charge in [0.25, 0.3) is 0 Å². The third-order valence-electron chi connectivity index (χ3n) is 4.72. The van der Waals surface area contributed by atoms with Crippen molar-refractivity contribution in [3.05, 3.63) is 83.4 Å². The Morgan fingerprint density at radius 2 is 1.89 bits per heavy atom. The minimum absolute atomic E-state index is 0.233. The van der Waals surface area contributed by atoms with Gasteiger partial charge in [-0.15, -0.1) is 0 Å². The molecule has 6 heteroatoms. The zero-order valence-electron chi connectivity index (χ0n) is 15.0. The van der Waals surface area contributed by atoms with Crippen LogP contribution in [0.3, 0.4) is 0 Å². The summed E-state index contributed by atoms with van der Waals surface area (Å²) in [5.41, 5.74) is 3.75. The third kappa shape index (κ3) is 4.28. The molecule has 0 aliphatic carbocycles. The normalized spacial score (nSPS) is 13.1. The highest BCUT2D eigenvalue weighted by molar-refractivity contribution is 5.73. The summed E-state index contributed by atoms with van der Waals surface area (Å²) in [6.07, 6.45) is 4.45. The average Bonchev–Trinajstić information content (AvgIpc) is 3.24. The Hall–Kier alpha value is -3.28. The highest BCUT2D eigenvalue weighted by Gasteiger charge is 2.16. The Labute approximate surface area is 158 Å². The number of benzene rings is 1. The molecule has 0 bridgehead atoms. The SMILES string of the molecule is O=C(NCc1ccc(N2CCc3ccccc3C2)nc1)NCc1ccco1. The quantitative estimate of drug-likeness (QED) is 0.731. The topological polar surface area (TPSA) is 70.4 Å². The molecular weight excluding hydrogens is 340 g/mol. The Kier molecular flexibility index (Phi) is 5.05. The van der Waals surface area contributed by atoms with Crippen LogP contribution in [0.5, 0.6) is 0 Å². The monoisotopic (exact) mass is 362 g/mol. The lowest BCUT2D eigenvalue weighted by Crippen LogP contribution is -2.34. The smallest absolute Gasteiger partial charge is 0.315 e. The fourth-order valence-corrected chi connectivity index (χ4v) is 3.22. The van der Waals surface area contributed by atoms with E-state index in [9.17, 15) is 4.79 Å². The van der Waals surface area contributed by atoms with Crippen LogP contribution in [-0.4, -0.2) is 17.6 Å². The highest BCUT2D eigenvalue weighted by atomic mass is 16.3. The highest BCUT2D eigenvalue weighted by Crippen LogP contribution is 2.22. The first-order valence-corrected chi connectivity index (χ1v) is 9.09. The van der Waals surface area contributed by atoms with E-state index < -0.39 is 0 Å². The largest absolute Gasteiger partial charge is 0.467 e. The summed E-state index contributed by atoms with van der Waals surface area (Å²) < 4.78 is 5.18. The Morgan fingerprint density at radius 1 is 1.04 bits per heavy atom. The van der Waals surface area contributed by atoms with Gasteiger partial charge in [-0.05, 0) is 41.3 Å². The molecule has 4 rings (SSSR count). The molecule has 0 atom stereocenters. The Bertz CT molecular complexity index is 891. The summed E-state index contributed by atoms with van der Waals surface area (Å²) in [5.74, 6) is 1.69.